The quantitative estimate of drug-likeness (QED) is 0.513. The molecule has 14 heavy (non-hydrogen) atoms. The molecule has 0 spiro atoms. The zero-order chi connectivity index (χ0) is 9.68. The van der Waals surface area contributed by atoms with Crippen LogP contribution in [0.1, 0.15) is 5.56 Å². The minimum atomic E-state index is -1.24. The number of hydrogen-bond donors (Lipinski definition) is 1. The standard InChI is InChI=1S/C9H9NO3.Na/c11-8-4-2-1-3-7(8)5-10-6-9(12)13;/h1-5,11H,6H2,(H,12,13);/p-1. The molecule has 1 aromatic carbocycles. The van der Waals surface area contributed by atoms with Crippen molar-refractivity contribution in [2.45, 2.75) is 0 Å². The molecular formula is C9H8NNaO3-. The molecule has 0 heterocycles. The number of phenols is 1. The van der Waals surface area contributed by atoms with Crippen molar-refractivity contribution in [2.75, 3.05) is 6.54 Å². The maximum absolute atomic E-state index is 9.99. The minimum Gasteiger partial charge on any atom is -0.548 e. The Labute approximate surface area is 104 Å². The van der Waals surface area contributed by atoms with Crippen molar-refractivity contribution in [1.82, 2.24) is 0 Å². The van der Waals surface area contributed by atoms with Crippen LogP contribution in [0.4, 0.5) is 0 Å². The predicted molar refractivity (Wildman–Crippen MR) is 51.3 cm³/mol. The van der Waals surface area contributed by atoms with Gasteiger partial charge in [0.15, 0.2) is 0 Å². The number of carbonyl (C=O) groups excluding carboxylic acids is 1. The first-order valence-corrected chi connectivity index (χ1v) is 3.68. The average Bonchev–Trinajstić information content (AvgIpc) is 2.08. The molecule has 0 amide bonds. The number of rotatable bonds is 3. The van der Waals surface area contributed by atoms with Crippen LogP contribution in [0.3, 0.4) is 0 Å². The molecule has 1 N–H and O–H groups in total. The number of aliphatic carboxylic acids is 1. The van der Waals surface area contributed by atoms with Crippen LogP contribution in [0.15, 0.2) is 29.3 Å². The largest absolute Gasteiger partial charge is 0.548 e. The fourth-order valence-electron chi connectivity index (χ4n) is 0.815. The maximum Gasteiger partial charge on any atom is 0.124 e. The Balaban J connectivity index is 0.00000169. The van der Waals surface area contributed by atoms with Gasteiger partial charge in [-0.2, -0.15) is 0 Å². The summed E-state index contributed by atoms with van der Waals surface area (Å²) in [4.78, 5) is 13.5. The molecular weight excluding hydrogens is 193 g/mol. The number of aliphatic imine (C=N–C) groups is 1. The molecule has 1 aromatic rings. The van der Waals surface area contributed by atoms with Crippen LogP contribution >= 0.6 is 0 Å². The van der Waals surface area contributed by atoms with Gasteiger partial charge in [-0.25, -0.2) is 0 Å². The molecule has 0 aliphatic heterocycles. The third-order valence-corrected chi connectivity index (χ3v) is 1.39. The number of phenolic OH excluding ortho intramolecular Hbond substituents is 1. The Morgan fingerprint density at radius 2 is 2.14 bits per heavy atom. The van der Waals surface area contributed by atoms with E-state index in [2.05, 4.69) is 4.99 Å². The molecule has 4 nitrogen and oxygen atoms in total. The van der Waals surface area contributed by atoms with Gasteiger partial charge in [0.25, 0.3) is 0 Å². The molecule has 0 aromatic heterocycles. The Hall–Kier alpha value is -0.840. The third kappa shape index (κ3) is 4.41. The molecule has 1 rings (SSSR count). The van der Waals surface area contributed by atoms with Crippen LogP contribution in [0.2, 0.25) is 0 Å². The van der Waals surface area contributed by atoms with E-state index >= 15 is 0 Å². The molecule has 0 aliphatic carbocycles. The number of benzene rings is 1. The Bertz CT molecular complexity index is 339. The minimum absolute atomic E-state index is 0. The number of carboxylic acid groups (broad SMARTS) is 1. The van der Waals surface area contributed by atoms with Crippen molar-refractivity contribution in [3.05, 3.63) is 29.8 Å². The molecule has 0 unspecified atom stereocenters. The smallest absolute Gasteiger partial charge is 0.124 e. The van der Waals surface area contributed by atoms with Gasteiger partial charge in [0.1, 0.15) is 5.75 Å². The van der Waals surface area contributed by atoms with Crippen LogP contribution in [0.25, 0.3) is 0 Å². The molecule has 0 atom stereocenters. The third-order valence-electron chi connectivity index (χ3n) is 1.39. The fourth-order valence-corrected chi connectivity index (χ4v) is 0.815. The second kappa shape index (κ2) is 6.59. The van der Waals surface area contributed by atoms with Crippen LogP contribution in [-0.4, -0.2) is 53.4 Å². The first kappa shape index (κ1) is 13.2. The first-order valence-electron chi connectivity index (χ1n) is 3.68. The van der Waals surface area contributed by atoms with Gasteiger partial charge in [-0.05, 0) is 12.1 Å². The van der Waals surface area contributed by atoms with E-state index in [-0.39, 0.29) is 35.3 Å². The SMILES string of the molecule is O=C([O-])CN=Cc1ccccc1O.[Na]. The normalized spacial score (nSPS) is 9.71. The zero-order valence-corrected chi connectivity index (χ0v) is 9.80. The number of aromatic hydroxyl groups is 1. The second-order valence-corrected chi connectivity index (χ2v) is 2.40. The molecule has 0 fully saturated rings. The maximum atomic E-state index is 9.99. The summed E-state index contributed by atoms with van der Waals surface area (Å²) in [6.45, 7) is -0.395. The van der Waals surface area contributed by atoms with E-state index in [1.807, 2.05) is 0 Å². The van der Waals surface area contributed by atoms with Gasteiger partial charge < -0.3 is 15.0 Å². The van der Waals surface area contributed by atoms with E-state index in [1.165, 1.54) is 12.3 Å². The van der Waals surface area contributed by atoms with Crippen molar-refractivity contribution in [3.63, 3.8) is 0 Å². The van der Waals surface area contributed by atoms with Crippen LogP contribution in [0, 0.1) is 0 Å². The summed E-state index contributed by atoms with van der Waals surface area (Å²) >= 11 is 0. The van der Waals surface area contributed by atoms with Gasteiger partial charge in [-0.15, -0.1) is 0 Å². The summed E-state index contributed by atoms with van der Waals surface area (Å²) in [5.74, 6) is -1.17. The Kier molecular flexibility index (Phi) is 6.19. The topological polar surface area (TPSA) is 72.7 Å². The summed E-state index contributed by atoms with van der Waals surface area (Å²) in [6, 6.07) is 6.53. The Morgan fingerprint density at radius 3 is 2.71 bits per heavy atom. The summed E-state index contributed by atoms with van der Waals surface area (Å²) in [6.07, 6.45) is 1.30. The summed E-state index contributed by atoms with van der Waals surface area (Å²) in [5.41, 5.74) is 0.490. The Morgan fingerprint density at radius 1 is 1.50 bits per heavy atom. The van der Waals surface area contributed by atoms with E-state index in [0.717, 1.165) is 0 Å². The van der Waals surface area contributed by atoms with Gasteiger partial charge in [0.05, 0.1) is 12.5 Å². The van der Waals surface area contributed by atoms with Gasteiger partial charge in [0.2, 0.25) is 0 Å². The average molecular weight is 201 g/mol. The van der Waals surface area contributed by atoms with Crippen molar-refractivity contribution in [2.24, 2.45) is 4.99 Å². The van der Waals surface area contributed by atoms with E-state index in [9.17, 15) is 15.0 Å². The van der Waals surface area contributed by atoms with Crippen LogP contribution < -0.4 is 5.11 Å². The van der Waals surface area contributed by atoms with Gasteiger partial charge in [-0.3, -0.25) is 4.99 Å². The summed E-state index contributed by atoms with van der Waals surface area (Å²) in [7, 11) is 0. The van der Waals surface area contributed by atoms with E-state index in [4.69, 9.17) is 0 Å². The molecule has 0 bridgehead atoms. The second-order valence-electron chi connectivity index (χ2n) is 2.40. The zero-order valence-electron chi connectivity index (χ0n) is 7.80. The van der Waals surface area contributed by atoms with Gasteiger partial charge in [-0.1, -0.05) is 12.1 Å². The fraction of sp³-hybridized carbons (Fsp3) is 0.111. The van der Waals surface area contributed by atoms with Gasteiger partial charge >= 0.3 is 0 Å². The van der Waals surface area contributed by atoms with E-state index in [0.29, 0.717) is 5.56 Å². The number of carbonyl (C=O) groups is 1. The van der Waals surface area contributed by atoms with Crippen LogP contribution in [0.5, 0.6) is 5.75 Å². The van der Waals surface area contributed by atoms with Crippen molar-refractivity contribution in [3.8, 4) is 5.75 Å². The molecule has 0 saturated heterocycles. The van der Waals surface area contributed by atoms with Crippen molar-refractivity contribution in [1.29, 1.82) is 0 Å². The number of hydrogen-bond acceptors (Lipinski definition) is 4. The molecule has 69 valence electrons. The summed E-state index contributed by atoms with van der Waals surface area (Å²) in [5, 5.41) is 19.2. The predicted octanol–water partition coefficient (Wildman–Crippen LogP) is -0.820. The first-order chi connectivity index (χ1) is 6.20. The molecule has 0 aliphatic rings. The number of para-hydroxylation sites is 1. The van der Waals surface area contributed by atoms with Gasteiger partial charge in [0, 0.05) is 41.3 Å². The molecule has 5 heteroatoms. The van der Waals surface area contributed by atoms with Crippen molar-refractivity contribution >= 4 is 41.7 Å². The van der Waals surface area contributed by atoms with E-state index < -0.39 is 12.5 Å². The monoisotopic (exact) mass is 201 g/mol. The van der Waals surface area contributed by atoms with Crippen LogP contribution in [-0.2, 0) is 4.79 Å². The molecule has 1 radical (unpaired) electrons. The summed E-state index contributed by atoms with van der Waals surface area (Å²) < 4.78 is 0. The number of carboxylic acids is 1. The molecule has 0 saturated carbocycles. The number of nitrogens with zero attached hydrogens (tertiary/aromatic N) is 1. The van der Waals surface area contributed by atoms with Crippen molar-refractivity contribution < 1.29 is 15.0 Å². The van der Waals surface area contributed by atoms with E-state index in [1.54, 1.807) is 18.2 Å².